The number of nitrogens with zero attached hydrogens (tertiary/aromatic N) is 2. The number of nitrogens with two attached hydrogens (primary N) is 1. The minimum atomic E-state index is -4.46. The van der Waals surface area contributed by atoms with Crippen molar-refractivity contribution in [3.63, 3.8) is 0 Å². The number of amides is 2. The van der Waals surface area contributed by atoms with Gasteiger partial charge < -0.3 is 11.1 Å². The second-order valence-electron chi connectivity index (χ2n) is 5.88. The first-order valence-electron chi connectivity index (χ1n) is 7.95. The van der Waals surface area contributed by atoms with E-state index in [1.54, 1.807) is 30.3 Å². The fraction of sp³-hybridized carbons (Fsp3) is 0.167. The second-order valence-corrected chi connectivity index (χ2v) is 5.88. The fourth-order valence-electron chi connectivity index (χ4n) is 2.63. The summed E-state index contributed by atoms with van der Waals surface area (Å²) < 4.78 is 37.8. The Kier molecular flexibility index (Phi) is 4.85. The molecule has 0 spiro atoms. The Morgan fingerprint density at radius 3 is 2.26 bits per heavy atom. The Labute approximate surface area is 152 Å². The summed E-state index contributed by atoms with van der Waals surface area (Å²) in [7, 11) is 0. The zero-order valence-corrected chi connectivity index (χ0v) is 13.9. The standard InChI is InChI=1S/C18H15F3N4O2/c19-18(20,21)11-6-8-12(9-7-11)23-17(27)14-10-15(16(22)26)25(24-14)13-4-2-1-3-5-13/h1-9,15H,10H2,(H2,22,26)(H,23,27). The predicted molar refractivity (Wildman–Crippen MR) is 94.0 cm³/mol. The maximum atomic E-state index is 12.6. The average Bonchev–Trinajstić information content (AvgIpc) is 3.08. The number of para-hydroxylation sites is 1. The second kappa shape index (κ2) is 7.10. The molecule has 2 aromatic carbocycles. The summed E-state index contributed by atoms with van der Waals surface area (Å²) in [5.74, 6) is -1.25. The molecule has 3 rings (SSSR count). The van der Waals surface area contributed by atoms with Crippen LogP contribution in [0.25, 0.3) is 0 Å². The molecule has 0 bridgehead atoms. The summed E-state index contributed by atoms with van der Waals surface area (Å²) >= 11 is 0. The van der Waals surface area contributed by atoms with E-state index in [1.165, 1.54) is 5.01 Å². The lowest BCUT2D eigenvalue weighted by Gasteiger charge is -2.20. The molecule has 0 aliphatic carbocycles. The Bertz CT molecular complexity index is 880. The van der Waals surface area contributed by atoms with Gasteiger partial charge in [-0.2, -0.15) is 18.3 Å². The Morgan fingerprint density at radius 2 is 1.70 bits per heavy atom. The van der Waals surface area contributed by atoms with Crippen molar-refractivity contribution in [2.45, 2.75) is 18.6 Å². The van der Waals surface area contributed by atoms with Crippen molar-refractivity contribution in [2.75, 3.05) is 10.3 Å². The molecule has 27 heavy (non-hydrogen) atoms. The highest BCUT2D eigenvalue weighted by molar-refractivity contribution is 6.44. The van der Waals surface area contributed by atoms with Crippen LogP contribution in [0.15, 0.2) is 59.7 Å². The molecular weight excluding hydrogens is 361 g/mol. The smallest absolute Gasteiger partial charge is 0.368 e. The summed E-state index contributed by atoms with van der Waals surface area (Å²) in [6, 6.07) is 12.0. The van der Waals surface area contributed by atoms with Gasteiger partial charge in [0, 0.05) is 12.1 Å². The summed E-state index contributed by atoms with van der Waals surface area (Å²) in [6.07, 6.45) is -4.46. The van der Waals surface area contributed by atoms with Crippen LogP contribution in [0.2, 0.25) is 0 Å². The van der Waals surface area contributed by atoms with Crippen LogP contribution in [0, 0.1) is 0 Å². The van der Waals surface area contributed by atoms with Crippen molar-refractivity contribution in [1.82, 2.24) is 0 Å². The van der Waals surface area contributed by atoms with E-state index in [1.807, 2.05) is 0 Å². The average molecular weight is 376 g/mol. The molecule has 0 saturated heterocycles. The van der Waals surface area contributed by atoms with Crippen molar-refractivity contribution in [3.8, 4) is 0 Å². The van der Waals surface area contributed by atoms with Crippen molar-refractivity contribution in [3.05, 3.63) is 60.2 Å². The van der Waals surface area contributed by atoms with E-state index >= 15 is 0 Å². The van der Waals surface area contributed by atoms with E-state index in [2.05, 4.69) is 10.4 Å². The number of benzene rings is 2. The SMILES string of the molecule is NC(=O)C1CC(C(=O)Nc2ccc(C(F)(F)F)cc2)=NN1c1ccccc1. The molecule has 0 saturated carbocycles. The van der Waals surface area contributed by atoms with E-state index in [0.29, 0.717) is 5.69 Å². The monoisotopic (exact) mass is 376 g/mol. The molecule has 0 aromatic heterocycles. The van der Waals surface area contributed by atoms with Crippen molar-refractivity contribution in [2.24, 2.45) is 10.8 Å². The molecule has 1 unspecified atom stereocenters. The lowest BCUT2D eigenvalue weighted by atomic mass is 10.1. The van der Waals surface area contributed by atoms with Gasteiger partial charge in [-0.1, -0.05) is 18.2 Å². The van der Waals surface area contributed by atoms with E-state index in [4.69, 9.17) is 5.73 Å². The van der Waals surface area contributed by atoms with E-state index in [9.17, 15) is 22.8 Å². The fourth-order valence-corrected chi connectivity index (χ4v) is 2.63. The zero-order valence-electron chi connectivity index (χ0n) is 13.9. The predicted octanol–water partition coefficient (Wildman–Crippen LogP) is 2.76. The highest BCUT2D eigenvalue weighted by Gasteiger charge is 2.35. The van der Waals surface area contributed by atoms with Crippen LogP contribution in [0.1, 0.15) is 12.0 Å². The molecule has 0 fully saturated rings. The van der Waals surface area contributed by atoms with E-state index in [0.717, 1.165) is 24.3 Å². The number of carbonyl (C=O) groups is 2. The maximum absolute atomic E-state index is 12.6. The largest absolute Gasteiger partial charge is 0.416 e. The highest BCUT2D eigenvalue weighted by Crippen LogP contribution is 2.30. The van der Waals surface area contributed by atoms with Gasteiger partial charge in [0.05, 0.1) is 11.3 Å². The van der Waals surface area contributed by atoms with Crippen molar-refractivity contribution in [1.29, 1.82) is 0 Å². The quantitative estimate of drug-likeness (QED) is 0.860. The molecule has 1 atom stereocenters. The third-order valence-corrected chi connectivity index (χ3v) is 3.99. The number of hydrazone groups is 1. The van der Waals surface area contributed by atoms with Gasteiger partial charge in [-0.25, -0.2) is 0 Å². The number of carbonyl (C=O) groups excluding carboxylic acids is 2. The Balaban J connectivity index is 1.77. The lowest BCUT2D eigenvalue weighted by molar-refractivity contribution is -0.137. The number of primary amides is 1. The third-order valence-electron chi connectivity index (χ3n) is 3.99. The van der Waals surface area contributed by atoms with Crippen LogP contribution in [0.5, 0.6) is 0 Å². The Morgan fingerprint density at radius 1 is 1.07 bits per heavy atom. The molecule has 0 radical (unpaired) electrons. The van der Waals surface area contributed by atoms with Crippen molar-refractivity contribution >= 4 is 28.9 Å². The molecule has 2 amide bonds. The van der Waals surface area contributed by atoms with Gasteiger partial charge in [-0.05, 0) is 36.4 Å². The number of halogens is 3. The molecule has 1 aliphatic heterocycles. The zero-order chi connectivity index (χ0) is 19.6. The molecule has 1 heterocycles. The van der Waals surface area contributed by atoms with Crippen LogP contribution in [0.4, 0.5) is 24.5 Å². The number of hydrogen-bond donors (Lipinski definition) is 2. The van der Waals surface area contributed by atoms with Crippen LogP contribution in [-0.4, -0.2) is 23.6 Å². The summed E-state index contributed by atoms with van der Waals surface area (Å²) in [6.45, 7) is 0. The summed E-state index contributed by atoms with van der Waals surface area (Å²) in [5, 5.41) is 8.01. The molecular formula is C18H15F3N4O2. The number of anilines is 2. The van der Waals surface area contributed by atoms with Gasteiger partial charge in [-0.3, -0.25) is 14.6 Å². The van der Waals surface area contributed by atoms with Gasteiger partial charge in [0.1, 0.15) is 11.8 Å². The molecule has 6 nitrogen and oxygen atoms in total. The van der Waals surface area contributed by atoms with E-state index in [-0.39, 0.29) is 17.8 Å². The molecule has 9 heteroatoms. The molecule has 2 aromatic rings. The number of nitrogens with one attached hydrogen (secondary N) is 1. The van der Waals surface area contributed by atoms with Crippen LogP contribution in [0.3, 0.4) is 0 Å². The normalized spacial score (nSPS) is 16.8. The highest BCUT2D eigenvalue weighted by atomic mass is 19.4. The third kappa shape index (κ3) is 4.08. The summed E-state index contributed by atoms with van der Waals surface area (Å²) in [4.78, 5) is 24.1. The van der Waals surface area contributed by atoms with Gasteiger partial charge in [-0.15, -0.1) is 0 Å². The maximum Gasteiger partial charge on any atom is 0.416 e. The minimum Gasteiger partial charge on any atom is -0.368 e. The van der Waals surface area contributed by atoms with Gasteiger partial charge in [0.25, 0.3) is 5.91 Å². The molecule has 3 N–H and O–H groups in total. The van der Waals surface area contributed by atoms with Gasteiger partial charge in [0.2, 0.25) is 5.91 Å². The van der Waals surface area contributed by atoms with Crippen molar-refractivity contribution < 1.29 is 22.8 Å². The van der Waals surface area contributed by atoms with Crippen LogP contribution < -0.4 is 16.1 Å². The number of rotatable bonds is 4. The summed E-state index contributed by atoms with van der Waals surface area (Å²) in [5.41, 5.74) is 5.43. The lowest BCUT2D eigenvalue weighted by Crippen LogP contribution is -2.39. The van der Waals surface area contributed by atoms with Crippen LogP contribution >= 0.6 is 0 Å². The first kappa shape index (κ1) is 18.4. The first-order valence-corrected chi connectivity index (χ1v) is 7.95. The van der Waals surface area contributed by atoms with Crippen LogP contribution in [-0.2, 0) is 15.8 Å². The minimum absolute atomic E-state index is 0.00328. The number of hydrogen-bond acceptors (Lipinski definition) is 4. The molecule has 1 aliphatic rings. The topological polar surface area (TPSA) is 87.8 Å². The molecule has 140 valence electrons. The van der Waals surface area contributed by atoms with Gasteiger partial charge in [0.15, 0.2) is 0 Å². The first-order chi connectivity index (χ1) is 12.8. The Hall–Kier alpha value is -3.36. The van der Waals surface area contributed by atoms with E-state index < -0.39 is 29.6 Å². The van der Waals surface area contributed by atoms with Gasteiger partial charge >= 0.3 is 6.18 Å². The number of alkyl halides is 3.